The van der Waals surface area contributed by atoms with Gasteiger partial charge in [0.05, 0.1) is 13.2 Å². The van der Waals surface area contributed by atoms with Crippen molar-refractivity contribution in [1.29, 1.82) is 0 Å². The number of H-pyrrole nitrogens is 1. The number of ether oxygens (including phenoxy) is 2. The number of benzene rings is 3. The average molecular weight is 429 g/mol. The van der Waals surface area contributed by atoms with Gasteiger partial charge < -0.3 is 19.4 Å². The first kappa shape index (κ1) is 21.5. The molecule has 0 saturated heterocycles. The Morgan fingerprint density at radius 2 is 1.78 bits per heavy atom. The van der Waals surface area contributed by atoms with E-state index in [4.69, 9.17) is 9.47 Å². The molecule has 0 aliphatic rings. The smallest absolute Gasteiger partial charge is 0.261 e. The number of aromatic nitrogens is 1. The minimum Gasteiger partial charge on any atom is -0.497 e. The van der Waals surface area contributed by atoms with Crippen molar-refractivity contribution in [1.82, 2.24) is 9.88 Å². The summed E-state index contributed by atoms with van der Waals surface area (Å²) in [7, 11) is 1.65. The number of hydrogen-bond acceptors (Lipinski definition) is 3. The fourth-order valence-electron chi connectivity index (χ4n) is 4.07. The molecule has 0 radical (unpaired) electrons. The third-order valence-corrected chi connectivity index (χ3v) is 5.67. The molecular weight excluding hydrogens is 400 g/mol. The van der Waals surface area contributed by atoms with Crippen LogP contribution < -0.4 is 9.47 Å². The van der Waals surface area contributed by atoms with Gasteiger partial charge in [-0.2, -0.15) is 0 Å². The molecule has 32 heavy (non-hydrogen) atoms. The number of nitrogens with one attached hydrogen (secondary N) is 1. The fourth-order valence-corrected chi connectivity index (χ4v) is 4.07. The third kappa shape index (κ3) is 4.47. The predicted molar refractivity (Wildman–Crippen MR) is 127 cm³/mol. The van der Waals surface area contributed by atoms with Gasteiger partial charge in [-0.1, -0.05) is 42.5 Å². The summed E-state index contributed by atoms with van der Waals surface area (Å²) >= 11 is 0. The zero-order chi connectivity index (χ0) is 22.5. The highest BCUT2D eigenvalue weighted by Gasteiger charge is 2.28. The van der Waals surface area contributed by atoms with Crippen LogP contribution >= 0.6 is 0 Å². The predicted octanol–water partition coefficient (Wildman–Crippen LogP) is 5.50. The molecule has 1 atom stereocenters. The first-order valence-electron chi connectivity index (χ1n) is 10.8. The van der Waals surface area contributed by atoms with E-state index in [-0.39, 0.29) is 18.6 Å². The van der Waals surface area contributed by atoms with Crippen LogP contribution in [0.3, 0.4) is 0 Å². The number of aryl methyl sites for hydroxylation is 1. The summed E-state index contributed by atoms with van der Waals surface area (Å²) in [5.41, 5.74) is 4.20. The zero-order valence-electron chi connectivity index (χ0n) is 18.7. The van der Waals surface area contributed by atoms with E-state index in [0.717, 1.165) is 33.3 Å². The van der Waals surface area contributed by atoms with Crippen LogP contribution in [0.2, 0.25) is 0 Å². The highest BCUT2D eigenvalue weighted by atomic mass is 16.5. The topological polar surface area (TPSA) is 54.6 Å². The van der Waals surface area contributed by atoms with Gasteiger partial charge in [-0.05, 0) is 55.3 Å². The van der Waals surface area contributed by atoms with Crippen molar-refractivity contribution in [3.63, 3.8) is 0 Å². The van der Waals surface area contributed by atoms with Crippen molar-refractivity contribution < 1.29 is 14.3 Å². The molecule has 0 aliphatic heterocycles. The van der Waals surface area contributed by atoms with E-state index < -0.39 is 0 Å². The van der Waals surface area contributed by atoms with Gasteiger partial charge in [0.1, 0.15) is 11.5 Å². The number of amides is 1. The van der Waals surface area contributed by atoms with Gasteiger partial charge in [0.25, 0.3) is 5.91 Å². The standard InChI is InChI=1S/C27H28N2O3/c1-4-29(26(30)18-32-22-9-7-8-19(2)16-22)27(20-12-14-21(31-3)15-13-20)24-17-28-25-11-6-5-10-23(24)25/h5-17,27-28H,4,18H2,1-3H3/t27-/m0/s1. The van der Waals surface area contributed by atoms with Gasteiger partial charge in [0.2, 0.25) is 0 Å². The molecular formula is C27H28N2O3. The van der Waals surface area contributed by atoms with Gasteiger partial charge in [-0.15, -0.1) is 0 Å². The lowest BCUT2D eigenvalue weighted by Crippen LogP contribution is -2.38. The number of rotatable bonds is 8. The summed E-state index contributed by atoms with van der Waals surface area (Å²) in [5, 5.41) is 1.10. The second-order valence-electron chi connectivity index (χ2n) is 7.75. The quantitative estimate of drug-likeness (QED) is 0.403. The molecule has 164 valence electrons. The summed E-state index contributed by atoms with van der Waals surface area (Å²) in [6, 6.07) is 23.5. The fraction of sp³-hybridized carbons (Fsp3) is 0.222. The van der Waals surface area contributed by atoms with Gasteiger partial charge in [0, 0.05) is 29.2 Å². The maximum absolute atomic E-state index is 13.4. The molecule has 5 nitrogen and oxygen atoms in total. The second-order valence-corrected chi connectivity index (χ2v) is 7.75. The molecule has 1 aromatic heterocycles. The lowest BCUT2D eigenvalue weighted by Gasteiger charge is -2.31. The van der Waals surface area contributed by atoms with E-state index >= 15 is 0 Å². The molecule has 1 N–H and O–H groups in total. The molecule has 0 saturated carbocycles. The normalized spacial score (nSPS) is 11.8. The second kappa shape index (κ2) is 9.60. The van der Waals surface area contributed by atoms with E-state index in [0.29, 0.717) is 12.3 Å². The Morgan fingerprint density at radius 3 is 2.50 bits per heavy atom. The zero-order valence-corrected chi connectivity index (χ0v) is 18.7. The first-order valence-corrected chi connectivity index (χ1v) is 10.8. The number of carbonyl (C=O) groups excluding carboxylic acids is 1. The van der Waals surface area contributed by atoms with Crippen molar-refractivity contribution >= 4 is 16.8 Å². The maximum Gasteiger partial charge on any atom is 0.261 e. The number of aromatic amines is 1. The van der Waals surface area contributed by atoms with Gasteiger partial charge >= 0.3 is 0 Å². The Balaban J connectivity index is 1.69. The average Bonchev–Trinajstić information content (AvgIpc) is 3.25. The molecule has 0 fully saturated rings. The Labute approximate surface area is 188 Å². The van der Waals surface area contributed by atoms with Crippen LogP contribution in [0.1, 0.15) is 29.7 Å². The minimum absolute atomic E-state index is 0.0215. The van der Waals surface area contributed by atoms with Gasteiger partial charge in [-0.25, -0.2) is 0 Å². The van der Waals surface area contributed by atoms with E-state index in [1.54, 1.807) is 7.11 Å². The maximum atomic E-state index is 13.4. The van der Waals surface area contributed by atoms with E-state index in [1.165, 1.54) is 0 Å². The van der Waals surface area contributed by atoms with E-state index in [1.807, 2.05) is 91.7 Å². The van der Waals surface area contributed by atoms with Crippen molar-refractivity contribution in [2.24, 2.45) is 0 Å². The Kier molecular flexibility index (Phi) is 6.45. The van der Waals surface area contributed by atoms with Gasteiger partial charge in [-0.3, -0.25) is 4.79 Å². The van der Waals surface area contributed by atoms with Crippen LogP contribution in [0.5, 0.6) is 11.5 Å². The lowest BCUT2D eigenvalue weighted by atomic mass is 9.96. The van der Waals surface area contributed by atoms with E-state index in [2.05, 4.69) is 11.1 Å². The molecule has 1 heterocycles. The number of nitrogens with zero attached hydrogens (tertiary/aromatic N) is 1. The number of para-hydroxylation sites is 1. The number of carbonyl (C=O) groups is 1. The Hall–Kier alpha value is -3.73. The third-order valence-electron chi connectivity index (χ3n) is 5.67. The summed E-state index contributed by atoms with van der Waals surface area (Å²) in [4.78, 5) is 18.6. The number of methoxy groups -OCH3 is 1. The van der Waals surface area contributed by atoms with Crippen molar-refractivity contribution in [3.8, 4) is 11.5 Å². The first-order chi connectivity index (χ1) is 15.6. The van der Waals surface area contributed by atoms with Crippen LogP contribution in [-0.2, 0) is 4.79 Å². The highest BCUT2D eigenvalue weighted by molar-refractivity contribution is 5.86. The van der Waals surface area contributed by atoms with Gasteiger partial charge in [0.15, 0.2) is 6.61 Å². The molecule has 0 aliphatic carbocycles. The Morgan fingerprint density at radius 1 is 1.00 bits per heavy atom. The van der Waals surface area contributed by atoms with Crippen LogP contribution in [0, 0.1) is 6.92 Å². The number of likely N-dealkylation sites (N-methyl/N-ethyl adjacent to an activating group) is 1. The summed E-state index contributed by atoms with van der Waals surface area (Å²) in [6.07, 6.45) is 2.00. The summed E-state index contributed by atoms with van der Waals surface area (Å²) in [5.74, 6) is 1.41. The summed E-state index contributed by atoms with van der Waals surface area (Å²) < 4.78 is 11.2. The van der Waals surface area contributed by atoms with Crippen LogP contribution in [0.15, 0.2) is 79.0 Å². The summed E-state index contributed by atoms with van der Waals surface area (Å²) in [6.45, 7) is 4.53. The minimum atomic E-state index is -0.254. The molecule has 3 aromatic carbocycles. The lowest BCUT2D eigenvalue weighted by molar-refractivity contribution is -0.134. The largest absolute Gasteiger partial charge is 0.497 e. The van der Waals surface area contributed by atoms with Crippen LogP contribution in [0.25, 0.3) is 10.9 Å². The van der Waals surface area contributed by atoms with Crippen molar-refractivity contribution in [2.75, 3.05) is 20.3 Å². The molecule has 5 heteroatoms. The van der Waals surface area contributed by atoms with Crippen molar-refractivity contribution in [3.05, 3.63) is 95.7 Å². The molecule has 0 unspecified atom stereocenters. The van der Waals surface area contributed by atoms with Crippen LogP contribution in [0.4, 0.5) is 0 Å². The van der Waals surface area contributed by atoms with Crippen LogP contribution in [-0.4, -0.2) is 36.1 Å². The highest BCUT2D eigenvalue weighted by Crippen LogP contribution is 2.34. The molecule has 0 spiro atoms. The SMILES string of the molecule is CCN(C(=O)COc1cccc(C)c1)[C@@H](c1ccc(OC)cc1)c1c[nH]c2ccccc12. The molecule has 4 aromatic rings. The molecule has 4 rings (SSSR count). The van der Waals surface area contributed by atoms with E-state index in [9.17, 15) is 4.79 Å². The monoisotopic (exact) mass is 428 g/mol. The Bertz CT molecular complexity index is 1200. The molecule has 0 bridgehead atoms. The number of fused-ring (bicyclic) bond motifs is 1. The van der Waals surface area contributed by atoms with Crippen molar-refractivity contribution in [2.45, 2.75) is 19.9 Å². The molecule has 1 amide bonds. The number of hydrogen-bond donors (Lipinski definition) is 1.